The number of aromatic nitrogens is 4. The fraction of sp³-hybridized carbons (Fsp3) is 0.450. The topological polar surface area (TPSA) is 66.0 Å². The summed E-state index contributed by atoms with van der Waals surface area (Å²) in [7, 11) is 0. The third kappa shape index (κ3) is 3.55. The van der Waals surface area contributed by atoms with E-state index in [0.717, 1.165) is 54.4 Å². The lowest BCUT2D eigenvalue weighted by Gasteiger charge is -2.11. The first-order valence-corrected chi connectivity index (χ1v) is 9.37. The zero-order valence-electron chi connectivity index (χ0n) is 15.1. The molecule has 26 heavy (non-hydrogen) atoms. The summed E-state index contributed by atoms with van der Waals surface area (Å²) >= 11 is 0. The van der Waals surface area contributed by atoms with Crippen LogP contribution in [0.15, 0.2) is 41.3 Å². The monoisotopic (exact) mass is 352 g/mol. The molecular weight excluding hydrogens is 328 g/mol. The van der Waals surface area contributed by atoms with Crippen molar-refractivity contribution >= 4 is 0 Å². The van der Waals surface area contributed by atoms with Gasteiger partial charge in [0, 0.05) is 24.2 Å². The molecule has 3 aromatic rings. The SMILES string of the molecule is CCCCCc1nc(-c2ccc(-c3cnco3)cc2)n(C2CCOC2)n1. The molecule has 2 aromatic heterocycles. The molecule has 1 aliphatic rings. The van der Waals surface area contributed by atoms with E-state index in [1.807, 2.05) is 12.1 Å². The fourth-order valence-electron chi connectivity index (χ4n) is 3.31. The van der Waals surface area contributed by atoms with Crippen molar-refractivity contribution in [3.05, 3.63) is 42.7 Å². The van der Waals surface area contributed by atoms with Gasteiger partial charge in [0.15, 0.2) is 23.8 Å². The Balaban J connectivity index is 1.62. The first kappa shape index (κ1) is 17.0. The van der Waals surface area contributed by atoms with Gasteiger partial charge in [0.05, 0.1) is 18.8 Å². The Hall–Kier alpha value is -2.47. The van der Waals surface area contributed by atoms with Gasteiger partial charge in [-0.3, -0.25) is 0 Å². The van der Waals surface area contributed by atoms with Crippen LogP contribution in [0.3, 0.4) is 0 Å². The first-order valence-electron chi connectivity index (χ1n) is 9.37. The normalized spacial score (nSPS) is 17.0. The van der Waals surface area contributed by atoms with Crippen molar-refractivity contribution in [2.24, 2.45) is 0 Å². The molecule has 6 nitrogen and oxygen atoms in total. The van der Waals surface area contributed by atoms with Gasteiger partial charge >= 0.3 is 0 Å². The second-order valence-corrected chi connectivity index (χ2v) is 6.71. The molecular formula is C20H24N4O2. The summed E-state index contributed by atoms with van der Waals surface area (Å²) < 4.78 is 13.0. The predicted octanol–water partition coefficient (Wildman–Crippen LogP) is 4.29. The highest BCUT2D eigenvalue weighted by atomic mass is 16.5. The number of ether oxygens (including phenoxy) is 1. The van der Waals surface area contributed by atoms with Gasteiger partial charge in [0.1, 0.15) is 0 Å². The van der Waals surface area contributed by atoms with E-state index in [4.69, 9.17) is 19.2 Å². The summed E-state index contributed by atoms with van der Waals surface area (Å²) in [5.41, 5.74) is 2.07. The molecule has 6 heteroatoms. The van der Waals surface area contributed by atoms with Crippen LogP contribution in [0, 0.1) is 0 Å². The van der Waals surface area contributed by atoms with Crippen LogP contribution in [-0.2, 0) is 11.2 Å². The summed E-state index contributed by atoms with van der Waals surface area (Å²) in [6, 6.07) is 8.49. The van der Waals surface area contributed by atoms with Crippen molar-refractivity contribution in [3.8, 4) is 22.7 Å². The molecule has 0 bridgehead atoms. The molecule has 1 aliphatic heterocycles. The van der Waals surface area contributed by atoms with Crippen molar-refractivity contribution in [2.45, 2.75) is 45.1 Å². The molecule has 1 unspecified atom stereocenters. The van der Waals surface area contributed by atoms with E-state index >= 15 is 0 Å². The molecule has 1 aromatic carbocycles. The zero-order chi connectivity index (χ0) is 17.8. The van der Waals surface area contributed by atoms with Crippen molar-refractivity contribution in [3.63, 3.8) is 0 Å². The zero-order valence-corrected chi connectivity index (χ0v) is 15.1. The highest BCUT2D eigenvalue weighted by Gasteiger charge is 2.23. The molecule has 0 amide bonds. The number of hydrogen-bond donors (Lipinski definition) is 0. The molecule has 136 valence electrons. The Bertz CT molecular complexity index is 818. The van der Waals surface area contributed by atoms with Crippen LogP contribution in [0.5, 0.6) is 0 Å². The average Bonchev–Trinajstić information content (AvgIpc) is 3.42. The largest absolute Gasteiger partial charge is 0.444 e. The maximum absolute atomic E-state index is 5.57. The maximum Gasteiger partial charge on any atom is 0.181 e. The Labute approximate surface area is 153 Å². The van der Waals surface area contributed by atoms with E-state index in [1.54, 1.807) is 6.20 Å². The smallest absolute Gasteiger partial charge is 0.181 e. The summed E-state index contributed by atoms with van der Waals surface area (Å²) in [5.74, 6) is 2.62. The number of aryl methyl sites for hydroxylation is 1. The van der Waals surface area contributed by atoms with Crippen molar-refractivity contribution in [1.82, 2.24) is 19.7 Å². The van der Waals surface area contributed by atoms with Gasteiger partial charge < -0.3 is 9.15 Å². The van der Waals surface area contributed by atoms with E-state index in [9.17, 15) is 0 Å². The predicted molar refractivity (Wildman–Crippen MR) is 98.7 cm³/mol. The van der Waals surface area contributed by atoms with Crippen LogP contribution < -0.4 is 0 Å². The highest BCUT2D eigenvalue weighted by Crippen LogP contribution is 2.28. The van der Waals surface area contributed by atoms with E-state index in [2.05, 4.69) is 28.7 Å². The van der Waals surface area contributed by atoms with Gasteiger partial charge in [-0.05, 0) is 12.8 Å². The van der Waals surface area contributed by atoms with Gasteiger partial charge in [-0.2, -0.15) is 5.10 Å². The lowest BCUT2D eigenvalue weighted by molar-refractivity contribution is 0.184. The molecule has 0 radical (unpaired) electrons. The minimum absolute atomic E-state index is 0.270. The van der Waals surface area contributed by atoms with E-state index in [-0.39, 0.29) is 6.04 Å². The summed E-state index contributed by atoms with van der Waals surface area (Å²) in [6.45, 7) is 3.71. The van der Waals surface area contributed by atoms with Crippen molar-refractivity contribution < 1.29 is 9.15 Å². The van der Waals surface area contributed by atoms with E-state index in [0.29, 0.717) is 6.61 Å². The van der Waals surface area contributed by atoms with Gasteiger partial charge in [0.25, 0.3) is 0 Å². The van der Waals surface area contributed by atoms with Gasteiger partial charge in [-0.25, -0.2) is 14.6 Å². The summed E-state index contributed by atoms with van der Waals surface area (Å²) in [4.78, 5) is 8.83. The number of oxazole rings is 1. The van der Waals surface area contributed by atoms with Crippen LogP contribution in [-0.4, -0.2) is 33.0 Å². The molecule has 1 fully saturated rings. The lowest BCUT2D eigenvalue weighted by Crippen LogP contribution is -2.12. The van der Waals surface area contributed by atoms with Crippen LogP contribution in [0.1, 0.15) is 44.5 Å². The minimum Gasteiger partial charge on any atom is -0.444 e. The lowest BCUT2D eigenvalue weighted by atomic mass is 10.1. The first-order chi connectivity index (χ1) is 12.8. The number of benzene rings is 1. The van der Waals surface area contributed by atoms with Crippen LogP contribution in [0.25, 0.3) is 22.7 Å². The quantitative estimate of drug-likeness (QED) is 0.593. The fourth-order valence-corrected chi connectivity index (χ4v) is 3.31. The second kappa shape index (κ2) is 7.83. The number of rotatable bonds is 7. The molecule has 0 N–H and O–H groups in total. The Morgan fingerprint density at radius 2 is 2.00 bits per heavy atom. The van der Waals surface area contributed by atoms with Crippen LogP contribution in [0.4, 0.5) is 0 Å². The van der Waals surface area contributed by atoms with Crippen LogP contribution >= 0.6 is 0 Å². The maximum atomic E-state index is 5.57. The number of hydrogen-bond acceptors (Lipinski definition) is 5. The minimum atomic E-state index is 0.270. The van der Waals surface area contributed by atoms with Gasteiger partial charge in [-0.1, -0.05) is 44.0 Å². The third-order valence-corrected chi connectivity index (χ3v) is 4.79. The molecule has 0 aliphatic carbocycles. The second-order valence-electron chi connectivity index (χ2n) is 6.71. The highest BCUT2D eigenvalue weighted by molar-refractivity contribution is 5.64. The standard InChI is InChI=1S/C20H24N4O2/c1-2-3-4-5-19-22-20(24(23-19)17-10-11-25-13-17)16-8-6-15(7-9-16)18-12-21-14-26-18/h6-9,12,14,17H,2-5,10-11,13H2,1H3. The Morgan fingerprint density at radius 3 is 2.69 bits per heavy atom. The van der Waals surface area contributed by atoms with Crippen molar-refractivity contribution in [1.29, 1.82) is 0 Å². The third-order valence-electron chi connectivity index (χ3n) is 4.79. The molecule has 1 atom stereocenters. The Kier molecular flexibility index (Phi) is 5.11. The molecule has 4 rings (SSSR count). The van der Waals surface area contributed by atoms with E-state index < -0.39 is 0 Å². The summed E-state index contributed by atoms with van der Waals surface area (Å²) in [6.07, 6.45) is 8.63. The molecule has 0 spiro atoms. The van der Waals surface area contributed by atoms with Crippen molar-refractivity contribution in [2.75, 3.05) is 13.2 Å². The van der Waals surface area contributed by atoms with E-state index in [1.165, 1.54) is 19.2 Å². The number of nitrogens with zero attached hydrogens (tertiary/aromatic N) is 4. The van der Waals surface area contributed by atoms with Gasteiger partial charge in [0.2, 0.25) is 0 Å². The molecule has 1 saturated heterocycles. The Morgan fingerprint density at radius 1 is 1.15 bits per heavy atom. The average molecular weight is 352 g/mol. The molecule has 0 saturated carbocycles. The van der Waals surface area contributed by atoms with Gasteiger partial charge in [-0.15, -0.1) is 0 Å². The number of unbranched alkanes of at least 4 members (excludes halogenated alkanes) is 2. The van der Waals surface area contributed by atoms with Crippen LogP contribution in [0.2, 0.25) is 0 Å². The molecule has 3 heterocycles. The summed E-state index contributed by atoms with van der Waals surface area (Å²) in [5, 5.41) is 4.81.